The number of pyridine rings is 1. The fourth-order valence-electron chi connectivity index (χ4n) is 3.55. The van der Waals surface area contributed by atoms with Gasteiger partial charge in [0.1, 0.15) is 28.5 Å². The van der Waals surface area contributed by atoms with Gasteiger partial charge in [0, 0.05) is 29.6 Å². The zero-order valence-corrected chi connectivity index (χ0v) is 19.0. The molecule has 6 heteroatoms. The molecule has 6 nitrogen and oxygen atoms in total. The van der Waals surface area contributed by atoms with Crippen LogP contribution in [0.25, 0.3) is 22.4 Å². The van der Waals surface area contributed by atoms with E-state index in [4.69, 9.17) is 13.9 Å². The second-order valence-corrected chi connectivity index (χ2v) is 7.69. The molecule has 0 atom stereocenters. The number of nitrogens with zero attached hydrogens (tertiary/aromatic N) is 1. The van der Waals surface area contributed by atoms with Gasteiger partial charge in [-0.2, -0.15) is 0 Å². The van der Waals surface area contributed by atoms with Gasteiger partial charge >= 0.3 is 0 Å². The Morgan fingerprint density at radius 3 is 2.37 bits per heavy atom. The minimum Gasteiger partial charge on any atom is -0.457 e. The molecular weight excluding hydrogens is 440 g/mol. The minimum absolute atomic E-state index is 0.188. The highest BCUT2D eigenvalue weighted by atomic mass is 16.5. The van der Waals surface area contributed by atoms with Crippen molar-refractivity contribution >= 4 is 22.7 Å². The molecule has 0 bridgehead atoms. The van der Waals surface area contributed by atoms with Crippen LogP contribution in [0.1, 0.15) is 6.92 Å². The lowest BCUT2D eigenvalue weighted by Gasteiger charge is -2.08. The molecule has 0 radical (unpaired) electrons. The van der Waals surface area contributed by atoms with Crippen molar-refractivity contribution in [3.63, 3.8) is 0 Å². The van der Waals surface area contributed by atoms with Crippen molar-refractivity contribution in [2.24, 2.45) is 0 Å². The number of amides is 1. The highest BCUT2D eigenvalue weighted by Crippen LogP contribution is 2.35. The molecule has 0 spiro atoms. The number of hydrogen-bond acceptors (Lipinski definition) is 5. The third kappa shape index (κ3) is 5.23. The fourth-order valence-corrected chi connectivity index (χ4v) is 3.55. The van der Waals surface area contributed by atoms with Crippen molar-refractivity contribution in [1.82, 2.24) is 4.98 Å². The Balaban J connectivity index is 1.36. The Kier molecular flexibility index (Phi) is 6.26. The van der Waals surface area contributed by atoms with Crippen molar-refractivity contribution in [3.05, 3.63) is 109 Å². The van der Waals surface area contributed by atoms with E-state index in [-0.39, 0.29) is 5.91 Å². The molecule has 35 heavy (non-hydrogen) atoms. The summed E-state index contributed by atoms with van der Waals surface area (Å²) in [6, 6.07) is 28.0. The summed E-state index contributed by atoms with van der Waals surface area (Å²) >= 11 is 0. The summed E-state index contributed by atoms with van der Waals surface area (Å²) in [4.78, 5) is 16.3. The Morgan fingerprint density at radius 1 is 0.857 bits per heavy atom. The number of aromatic nitrogens is 1. The first-order valence-corrected chi connectivity index (χ1v) is 11.1. The highest BCUT2D eigenvalue weighted by molar-refractivity contribution is 5.99. The van der Waals surface area contributed by atoms with Crippen molar-refractivity contribution in [2.75, 3.05) is 5.32 Å². The normalized spacial score (nSPS) is 11.0. The van der Waals surface area contributed by atoms with Gasteiger partial charge in [-0.15, -0.1) is 0 Å². The number of carbonyl (C=O) groups excluding carboxylic acids is 1. The molecule has 0 unspecified atom stereocenters. The molecule has 2 heterocycles. The Bertz CT molecular complexity index is 1490. The van der Waals surface area contributed by atoms with Crippen LogP contribution < -0.4 is 14.8 Å². The van der Waals surface area contributed by atoms with Gasteiger partial charge in [-0.3, -0.25) is 9.78 Å². The largest absolute Gasteiger partial charge is 0.457 e. The number of carbonyl (C=O) groups is 1. The molecule has 172 valence electrons. The third-order valence-electron chi connectivity index (χ3n) is 5.14. The molecule has 1 amide bonds. The quantitative estimate of drug-likeness (QED) is 0.252. The van der Waals surface area contributed by atoms with Gasteiger partial charge in [-0.1, -0.05) is 36.4 Å². The maximum atomic E-state index is 11.9. The molecule has 5 rings (SSSR count). The highest BCUT2D eigenvalue weighted by Gasteiger charge is 2.13. The molecule has 0 aliphatic heterocycles. The van der Waals surface area contributed by atoms with Gasteiger partial charge in [0.05, 0.1) is 0 Å². The molecule has 2 aromatic heterocycles. The van der Waals surface area contributed by atoms with Gasteiger partial charge < -0.3 is 19.2 Å². The first-order chi connectivity index (χ1) is 17.2. The monoisotopic (exact) mass is 462 g/mol. The standard InChI is InChI=1S/C29H22N2O4/c1-2-7-28(32)31-21-9-6-8-20(18-21)27-19-25-29(35-27)26(16-17-30-25)34-24-14-12-23(13-15-24)33-22-10-4-3-5-11-22/h2-19H,1H3,(H,31,32)/b7-2+. The zero-order chi connectivity index (χ0) is 24.0. The minimum atomic E-state index is -0.188. The third-order valence-corrected chi connectivity index (χ3v) is 5.14. The van der Waals surface area contributed by atoms with Crippen LogP contribution >= 0.6 is 0 Å². The first-order valence-electron chi connectivity index (χ1n) is 11.1. The predicted molar refractivity (Wildman–Crippen MR) is 136 cm³/mol. The average molecular weight is 463 g/mol. The lowest BCUT2D eigenvalue weighted by molar-refractivity contribution is -0.111. The number of hydrogen-bond donors (Lipinski definition) is 1. The van der Waals surface area contributed by atoms with Gasteiger partial charge in [-0.05, 0) is 61.5 Å². The fraction of sp³-hybridized carbons (Fsp3) is 0.0345. The second-order valence-electron chi connectivity index (χ2n) is 7.69. The number of anilines is 1. The van der Waals surface area contributed by atoms with Crippen molar-refractivity contribution in [3.8, 4) is 34.3 Å². The summed E-state index contributed by atoms with van der Waals surface area (Å²) in [5.74, 6) is 3.11. The number of para-hydroxylation sites is 1. The summed E-state index contributed by atoms with van der Waals surface area (Å²) in [5, 5.41) is 2.83. The van der Waals surface area contributed by atoms with Crippen LogP contribution in [0.2, 0.25) is 0 Å². The van der Waals surface area contributed by atoms with E-state index in [0.717, 1.165) is 11.3 Å². The van der Waals surface area contributed by atoms with Crippen molar-refractivity contribution < 1.29 is 18.7 Å². The van der Waals surface area contributed by atoms with Crippen molar-refractivity contribution in [1.29, 1.82) is 0 Å². The SMILES string of the molecule is C/C=C/C(=O)Nc1cccc(-c2cc3nccc(Oc4ccc(Oc5ccccc5)cc4)c3o2)c1. The van der Waals surface area contributed by atoms with E-state index >= 15 is 0 Å². The number of ether oxygens (including phenoxy) is 2. The summed E-state index contributed by atoms with van der Waals surface area (Å²) in [6.45, 7) is 1.80. The molecule has 0 aliphatic rings. The zero-order valence-electron chi connectivity index (χ0n) is 19.0. The molecular formula is C29H22N2O4. The molecule has 1 N–H and O–H groups in total. The Hall–Kier alpha value is -4.84. The summed E-state index contributed by atoms with van der Waals surface area (Å²) in [5.41, 5.74) is 2.70. The molecule has 0 saturated carbocycles. The number of benzene rings is 3. The van der Waals surface area contributed by atoms with E-state index in [0.29, 0.717) is 39.8 Å². The van der Waals surface area contributed by atoms with Crippen LogP contribution in [0, 0.1) is 0 Å². The van der Waals surface area contributed by atoms with Crippen LogP contribution in [0.5, 0.6) is 23.0 Å². The van der Waals surface area contributed by atoms with E-state index in [2.05, 4.69) is 10.3 Å². The lowest BCUT2D eigenvalue weighted by Crippen LogP contribution is -2.07. The molecule has 0 aliphatic carbocycles. The average Bonchev–Trinajstić information content (AvgIpc) is 3.32. The second kappa shape index (κ2) is 9.97. The number of allylic oxidation sites excluding steroid dienone is 1. The number of nitrogens with one attached hydrogen (secondary N) is 1. The summed E-state index contributed by atoms with van der Waals surface area (Å²) in [6.07, 6.45) is 4.84. The van der Waals surface area contributed by atoms with Crippen LogP contribution in [0.3, 0.4) is 0 Å². The van der Waals surface area contributed by atoms with E-state index in [9.17, 15) is 4.79 Å². The van der Waals surface area contributed by atoms with Crippen LogP contribution in [-0.2, 0) is 4.79 Å². The topological polar surface area (TPSA) is 73.6 Å². The molecule has 3 aromatic carbocycles. The van der Waals surface area contributed by atoms with Gasteiger partial charge in [0.25, 0.3) is 0 Å². The molecule has 0 saturated heterocycles. The predicted octanol–water partition coefficient (Wildman–Crippen LogP) is 7.59. The van der Waals surface area contributed by atoms with Gasteiger partial charge in [0.2, 0.25) is 5.91 Å². The smallest absolute Gasteiger partial charge is 0.248 e. The number of furan rings is 1. The van der Waals surface area contributed by atoms with Gasteiger partial charge in [0.15, 0.2) is 11.3 Å². The van der Waals surface area contributed by atoms with Crippen molar-refractivity contribution in [2.45, 2.75) is 6.92 Å². The Labute approximate surface area is 202 Å². The van der Waals surface area contributed by atoms with E-state index < -0.39 is 0 Å². The molecule has 5 aromatic rings. The maximum Gasteiger partial charge on any atom is 0.248 e. The summed E-state index contributed by atoms with van der Waals surface area (Å²) in [7, 11) is 0. The number of fused-ring (bicyclic) bond motifs is 1. The maximum absolute atomic E-state index is 11.9. The van der Waals surface area contributed by atoms with Crippen LogP contribution in [0.4, 0.5) is 5.69 Å². The molecule has 0 fully saturated rings. The lowest BCUT2D eigenvalue weighted by atomic mass is 10.1. The first kappa shape index (κ1) is 22.0. The van der Waals surface area contributed by atoms with Crippen LogP contribution in [-0.4, -0.2) is 10.9 Å². The Morgan fingerprint density at radius 2 is 1.60 bits per heavy atom. The number of rotatable bonds is 7. The van der Waals surface area contributed by atoms with E-state index in [1.165, 1.54) is 6.08 Å². The van der Waals surface area contributed by atoms with E-state index in [1.54, 1.807) is 25.3 Å². The van der Waals surface area contributed by atoms with E-state index in [1.807, 2.05) is 84.9 Å². The summed E-state index contributed by atoms with van der Waals surface area (Å²) < 4.78 is 18.1. The van der Waals surface area contributed by atoms with Crippen LogP contribution in [0.15, 0.2) is 114 Å². The van der Waals surface area contributed by atoms with Gasteiger partial charge in [-0.25, -0.2) is 0 Å².